The van der Waals surface area contributed by atoms with Gasteiger partial charge in [-0.25, -0.2) is 4.98 Å². The van der Waals surface area contributed by atoms with E-state index in [1.165, 1.54) is 7.05 Å². The van der Waals surface area contributed by atoms with Gasteiger partial charge in [0.1, 0.15) is 11.5 Å². The number of benzene rings is 1. The van der Waals surface area contributed by atoms with Crippen molar-refractivity contribution in [1.29, 1.82) is 0 Å². The fourth-order valence-corrected chi connectivity index (χ4v) is 2.61. The number of nitrogens with two attached hydrogens (primary N) is 1. The standard InChI is InChI=1S/C19H17F3N6O/c1-24-17(7-16(23)19(20,21)22)27-18(29)12-4-3-11-5-13(8-26-14(11)6-12)15-9-25-10-28(15)2/h3-10H,23H2,1-2H3,(H,24,27,29)/b16-7-. The van der Waals surface area contributed by atoms with Crippen LogP contribution in [0.3, 0.4) is 0 Å². The number of hydrogen-bond donors (Lipinski definition) is 2. The molecule has 2 heterocycles. The molecule has 3 rings (SSSR count). The van der Waals surface area contributed by atoms with Gasteiger partial charge in [0.2, 0.25) is 0 Å². The van der Waals surface area contributed by atoms with E-state index in [-0.39, 0.29) is 11.4 Å². The molecule has 10 heteroatoms. The monoisotopic (exact) mass is 402 g/mol. The van der Waals surface area contributed by atoms with Crippen molar-refractivity contribution < 1.29 is 18.0 Å². The molecule has 0 saturated carbocycles. The van der Waals surface area contributed by atoms with Crippen LogP contribution in [-0.4, -0.2) is 39.5 Å². The van der Waals surface area contributed by atoms with E-state index in [1.54, 1.807) is 36.9 Å². The minimum Gasteiger partial charge on any atom is -0.395 e. The summed E-state index contributed by atoms with van der Waals surface area (Å²) >= 11 is 0. The predicted octanol–water partition coefficient (Wildman–Crippen LogP) is 2.80. The van der Waals surface area contributed by atoms with Crippen LogP contribution in [0.4, 0.5) is 13.2 Å². The maximum Gasteiger partial charge on any atom is 0.430 e. The molecule has 7 nitrogen and oxygen atoms in total. The number of nitrogens with zero attached hydrogens (tertiary/aromatic N) is 4. The lowest BCUT2D eigenvalue weighted by molar-refractivity contribution is -0.0925. The van der Waals surface area contributed by atoms with Gasteiger partial charge in [-0.05, 0) is 18.2 Å². The highest BCUT2D eigenvalue weighted by Crippen LogP contribution is 2.23. The molecule has 0 aliphatic heterocycles. The van der Waals surface area contributed by atoms with Crippen molar-refractivity contribution in [3.63, 3.8) is 0 Å². The van der Waals surface area contributed by atoms with Gasteiger partial charge < -0.3 is 15.6 Å². The molecule has 0 aliphatic carbocycles. The zero-order valence-electron chi connectivity index (χ0n) is 15.5. The maximum atomic E-state index is 12.6. The molecule has 3 N–H and O–H groups in total. The Morgan fingerprint density at radius 1 is 1.28 bits per heavy atom. The number of imidazole rings is 1. The van der Waals surface area contributed by atoms with Crippen molar-refractivity contribution in [2.45, 2.75) is 6.18 Å². The van der Waals surface area contributed by atoms with Gasteiger partial charge in [-0.15, -0.1) is 0 Å². The van der Waals surface area contributed by atoms with Crippen LogP contribution in [0.2, 0.25) is 0 Å². The summed E-state index contributed by atoms with van der Waals surface area (Å²) < 4.78 is 39.6. The maximum absolute atomic E-state index is 12.6. The van der Waals surface area contributed by atoms with Crippen molar-refractivity contribution in [3.05, 3.63) is 60.3 Å². The molecule has 1 amide bonds. The number of aryl methyl sites for hydroxylation is 1. The summed E-state index contributed by atoms with van der Waals surface area (Å²) in [5, 5.41) is 3.10. The molecule has 0 spiro atoms. The lowest BCUT2D eigenvalue weighted by Gasteiger charge is -2.09. The highest BCUT2D eigenvalue weighted by atomic mass is 19.4. The third-order valence-electron chi connectivity index (χ3n) is 4.16. The topological polar surface area (TPSA) is 98.2 Å². The number of carbonyl (C=O) groups is 1. The van der Waals surface area contributed by atoms with Crippen LogP contribution in [-0.2, 0) is 7.05 Å². The third kappa shape index (κ3) is 4.42. The van der Waals surface area contributed by atoms with Crippen molar-refractivity contribution in [3.8, 4) is 11.3 Å². The summed E-state index contributed by atoms with van der Waals surface area (Å²) in [4.78, 5) is 24.5. The molecular formula is C19H17F3N6O. The minimum absolute atomic E-state index is 0.221. The Bertz CT molecular complexity index is 1130. The van der Waals surface area contributed by atoms with Gasteiger partial charge in [0.25, 0.3) is 5.91 Å². The highest BCUT2D eigenvalue weighted by Gasteiger charge is 2.31. The summed E-state index contributed by atoms with van der Waals surface area (Å²) in [6, 6.07) is 6.71. The van der Waals surface area contributed by atoms with Gasteiger partial charge in [-0.2, -0.15) is 13.2 Å². The number of fused-ring (bicyclic) bond motifs is 1. The first-order valence-electron chi connectivity index (χ1n) is 8.38. The van der Waals surface area contributed by atoms with Crippen LogP contribution < -0.4 is 11.1 Å². The fraction of sp³-hybridized carbons (Fsp3) is 0.158. The number of nitrogens with one attached hydrogen (secondary N) is 1. The van der Waals surface area contributed by atoms with Crippen LogP contribution in [0, 0.1) is 0 Å². The Labute approximate surface area is 163 Å². The molecule has 3 aromatic rings. The number of allylic oxidation sites excluding steroid dienone is 1. The van der Waals surface area contributed by atoms with Gasteiger partial charge in [0.15, 0.2) is 0 Å². The summed E-state index contributed by atoms with van der Waals surface area (Å²) in [6.45, 7) is 0. The summed E-state index contributed by atoms with van der Waals surface area (Å²) in [6.07, 6.45) is 0.916. The van der Waals surface area contributed by atoms with E-state index < -0.39 is 17.8 Å². The predicted molar refractivity (Wildman–Crippen MR) is 103 cm³/mol. The number of amides is 1. The number of alkyl halides is 3. The number of amidine groups is 1. The van der Waals surface area contributed by atoms with Gasteiger partial charge in [-0.3, -0.25) is 14.8 Å². The molecule has 0 fully saturated rings. The second kappa shape index (κ2) is 7.74. The quantitative estimate of drug-likeness (QED) is 0.520. The van der Waals surface area contributed by atoms with Crippen molar-refractivity contribution >= 4 is 22.6 Å². The normalized spacial score (nSPS) is 13.0. The van der Waals surface area contributed by atoms with Crippen LogP contribution >= 0.6 is 0 Å². The molecule has 0 bridgehead atoms. The smallest absolute Gasteiger partial charge is 0.395 e. The highest BCUT2D eigenvalue weighted by molar-refractivity contribution is 6.11. The van der Waals surface area contributed by atoms with Crippen LogP contribution in [0.5, 0.6) is 0 Å². The first kappa shape index (κ1) is 20.1. The lowest BCUT2D eigenvalue weighted by atomic mass is 10.1. The Morgan fingerprint density at radius 3 is 2.66 bits per heavy atom. The number of carbonyl (C=O) groups excluding carboxylic acids is 1. The van der Waals surface area contributed by atoms with Crippen molar-refractivity contribution in [1.82, 2.24) is 19.9 Å². The van der Waals surface area contributed by atoms with E-state index in [4.69, 9.17) is 5.73 Å². The molecular weight excluding hydrogens is 385 g/mol. The first-order chi connectivity index (χ1) is 13.7. The second-order valence-electron chi connectivity index (χ2n) is 6.18. The zero-order chi connectivity index (χ0) is 21.2. The average molecular weight is 402 g/mol. The van der Waals surface area contributed by atoms with Gasteiger partial charge in [0.05, 0.1) is 23.7 Å². The average Bonchev–Trinajstić information content (AvgIpc) is 3.11. The first-order valence-corrected chi connectivity index (χ1v) is 8.38. The van der Waals surface area contributed by atoms with Gasteiger partial charge in [-0.1, -0.05) is 6.07 Å². The number of pyridine rings is 1. The Balaban J connectivity index is 1.84. The molecule has 0 unspecified atom stereocenters. The molecule has 1 aromatic carbocycles. The third-order valence-corrected chi connectivity index (χ3v) is 4.16. The van der Waals surface area contributed by atoms with Crippen molar-refractivity contribution in [2.75, 3.05) is 7.05 Å². The Kier molecular flexibility index (Phi) is 5.35. The van der Waals surface area contributed by atoms with Crippen LogP contribution in [0.25, 0.3) is 22.2 Å². The summed E-state index contributed by atoms with van der Waals surface area (Å²) in [5.41, 5.74) is 6.14. The van der Waals surface area contributed by atoms with E-state index in [9.17, 15) is 18.0 Å². The molecule has 150 valence electrons. The van der Waals surface area contributed by atoms with Crippen LogP contribution in [0.1, 0.15) is 10.4 Å². The van der Waals surface area contributed by atoms with Crippen molar-refractivity contribution in [2.24, 2.45) is 17.8 Å². The lowest BCUT2D eigenvalue weighted by Crippen LogP contribution is -2.31. The molecule has 0 aliphatic rings. The van der Waals surface area contributed by atoms with Gasteiger partial charge in [0, 0.05) is 42.9 Å². The summed E-state index contributed by atoms with van der Waals surface area (Å²) in [7, 11) is 3.12. The Hall–Kier alpha value is -3.69. The SMILES string of the molecule is CN=C(/C=C(\N)C(F)(F)F)NC(=O)c1ccc2cc(-c3cncn3C)cnc2c1. The zero-order valence-corrected chi connectivity index (χ0v) is 15.5. The number of halogens is 3. The minimum atomic E-state index is -4.71. The number of rotatable bonds is 3. The largest absolute Gasteiger partial charge is 0.430 e. The van der Waals surface area contributed by atoms with E-state index >= 15 is 0 Å². The van der Waals surface area contributed by atoms with E-state index in [0.717, 1.165) is 16.6 Å². The molecule has 0 radical (unpaired) electrons. The number of aromatic nitrogens is 3. The number of aliphatic imine (C=N–C) groups is 1. The van der Waals surface area contributed by atoms with Crippen LogP contribution in [0.15, 0.2) is 59.8 Å². The molecule has 29 heavy (non-hydrogen) atoms. The second-order valence-corrected chi connectivity index (χ2v) is 6.18. The van der Waals surface area contributed by atoms with E-state index in [1.807, 2.05) is 17.7 Å². The van der Waals surface area contributed by atoms with E-state index in [0.29, 0.717) is 11.6 Å². The number of hydrogen-bond acceptors (Lipinski definition) is 5. The molecule has 2 aromatic heterocycles. The Morgan fingerprint density at radius 2 is 2.03 bits per heavy atom. The summed E-state index contributed by atoms with van der Waals surface area (Å²) in [5.74, 6) is -0.930. The fourth-order valence-electron chi connectivity index (χ4n) is 2.61. The van der Waals surface area contributed by atoms with E-state index in [2.05, 4.69) is 20.3 Å². The molecule has 0 saturated heterocycles. The van der Waals surface area contributed by atoms with Gasteiger partial charge >= 0.3 is 6.18 Å². The molecule has 0 atom stereocenters.